The summed E-state index contributed by atoms with van der Waals surface area (Å²) in [7, 11) is 0. The molecule has 116 valence electrons. The van der Waals surface area contributed by atoms with E-state index in [2.05, 4.69) is 5.32 Å². The lowest BCUT2D eigenvalue weighted by molar-refractivity contribution is 0.102. The molecule has 2 N–H and O–H groups in total. The van der Waals surface area contributed by atoms with Crippen molar-refractivity contribution in [1.82, 2.24) is 0 Å². The van der Waals surface area contributed by atoms with Gasteiger partial charge in [-0.15, -0.1) is 0 Å². The number of nitrogens with one attached hydrogen (secondary N) is 1. The second-order valence-electron chi connectivity index (χ2n) is 4.92. The monoisotopic (exact) mass is 325 g/mol. The first-order valence-electron chi connectivity index (χ1n) is 7.05. The second kappa shape index (κ2) is 6.98. The van der Waals surface area contributed by atoms with Crippen molar-refractivity contribution in [2.24, 2.45) is 0 Å². The molecule has 1 amide bonds. The van der Waals surface area contributed by atoms with Crippen molar-refractivity contribution in [3.63, 3.8) is 0 Å². The zero-order chi connectivity index (χ0) is 16.1. The number of aromatic hydroxyl groups is 1. The van der Waals surface area contributed by atoms with Gasteiger partial charge in [-0.3, -0.25) is 4.79 Å². The lowest BCUT2D eigenvalue weighted by Crippen LogP contribution is -2.12. The van der Waals surface area contributed by atoms with Gasteiger partial charge in [0.1, 0.15) is 18.1 Å². The van der Waals surface area contributed by atoms with Crippen LogP contribution in [-0.2, 0) is 6.61 Å². The van der Waals surface area contributed by atoms with Crippen LogP contribution in [0.4, 0.5) is 5.69 Å². The Kier molecular flexibility index (Phi) is 4.59. The number of ether oxygens (including phenoxy) is 1. The first-order chi connectivity index (χ1) is 11.2. The van der Waals surface area contributed by atoms with Crippen LogP contribution >= 0.6 is 11.3 Å². The molecule has 4 nitrogen and oxygen atoms in total. The minimum Gasteiger partial charge on any atom is -0.507 e. The van der Waals surface area contributed by atoms with E-state index in [1.165, 1.54) is 6.07 Å². The lowest BCUT2D eigenvalue weighted by Gasteiger charge is -2.09. The number of phenolic OH excluding ortho intramolecular Hbond substituents is 1. The van der Waals surface area contributed by atoms with Crippen LogP contribution in [0.3, 0.4) is 0 Å². The summed E-state index contributed by atoms with van der Waals surface area (Å²) < 4.78 is 5.71. The Balaban J connectivity index is 1.67. The van der Waals surface area contributed by atoms with Gasteiger partial charge in [0.25, 0.3) is 5.91 Å². The Bertz CT molecular complexity index is 800. The fraction of sp³-hybridized carbons (Fsp3) is 0.0556. The van der Waals surface area contributed by atoms with Crippen molar-refractivity contribution in [3.8, 4) is 11.5 Å². The molecule has 2 aromatic carbocycles. The molecule has 0 aliphatic rings. The fourth-order valence-electron chi connectivity index (χ4n) is 2.07. The fourth-order valence-corrected chi connectivity index (χ4v) is 2.72. The smallest absolute Gasteiger partial charge is 0.259 e. The summed E-state index contributed by atoms with van der Waals surface area (Å²) in [5, 5.41) is 16.5. The summed E-state index contributed by atoms with van der Waals surface area (Å²) in [4.78, 5) is 12.2. The molecular formula is C18H15NO3S. The summed E-state index contributed by atoms with van der Waals surface area (Å²) in [5.41, 5.74) is 1.96. The Morgan fingerprint density at radius 1 is 1.13 bits per heavy atom. The minimum absolute atomic E-state index is 0.0464. The van der Waals surface area contributed by atoms with Crippen LogP contribution in [0.5, 0.6) is 11.5 Å². The Hall–Kier alpha value is -2.79. The summed E-state index contributed by atoms with van der Waals surface area (Å²) in [6.07, 6.45) is 0. The van der Waals surface area contributed by atoms with Gasteiger partial charge in [0, 0.05) is 11.8 Å². The zero-order valence-electron chi connectivity index (χ0n) is 12.2. The number of hydrogen-bond acceptors (Lipinski definition) is 4. The van der Waals surface area contributed by atoms with Crippen molar-refractivity contribution < 1.29 is 14.6 Å². The number of hydrogen-bond donors (Lipinski definition) is 2. The quantitative estimate of drug-likeness (QED) is 0.736. The van der Waals surface area contributed by atoms with E-state index in [0.29, 0.717) is 18.0 Å². The summed E-state index contributed by atoms with van der Waals surface area (Å²) >= 11 is 1.62. The molecule has 0 radical (unpaired) electrons. The van der Waals surface area contributed by atoms with Crippen LogP contribution < -0.4 is 10.1 Å². The SMILES string of the molecule is O=C(Nc1cccc(OCc2ccsc2)c1)c1ccccc1O. The van der Waals surface area contributed by atoms with Crippen LogP contribution in [0.15, 0.2) is 65.4 Å². The van der Waals surface area contributed by atoms with Crippen LogP contribution in [0.2, 0.25) is 0 Å². The number of carbonyl (C=O) groups excluding carboxylic acids is 1. The number of carbonyl (C=O) groups is 1. The third-order valence-electron chi connectivity index (χ3n) is 3.23. The molecule has 0 unspecified atom stereocenters. The molecular weight excluding hydrogens is 310 g/mol. The first kappa shape index (κ1) is 15.1. The second-order valence-corrected chi connectivity index (χ2v) is 5.70. The van der Waals surface area contributed by atoms with Crippen molar-refractivity contribution in [3.05, 3.63) is 76.5 Å². The molecule has 0 bridgehead atoms. The van der Waals surface area contributed by atoms with Crippen LogP contribution in [-0.4, -0.2) is 11.0 Å². The number of anilines is 1. The maximum atomic E-state index is 12.2. The molecule has 0 atom stereocenters. The predicted octanol–water partition coefficient (Wildman–Crippen LogP) is 4.29. The van der Waals surface area contributed by atoms with Gasteiger partial charge in [-0.05, 0) is 46.7 Å². The number of thiophene rings is 1. The van der Waals surface area contributed by atoms with E-state index >= 15 is 0 Å². The number of rotatable bonds is 5. The molecule has 0 saturated carbocycles. The highest BCUT2D eigenvalue weighted by molar-refractivity contribution is 7.07. The van der Waals surface area contributed by atoms with Crippen LogP contribution in [0, 0.1) is 0 Å². The average Bonchev–Trinajstić information content (AvgIpc) is 3.07. The van der Waals surface area contributed by atoms with Crippen molar-refractivity contribution in [1.29, 1.82) is 0 Å². The third kappa shape index (κ3) is 3.90. The van der Waals surface area contributed by atoms with E-state index < -0.39 is 0 Å². The standard InChI is InChI=1S/C18H15NO3S/c20-17-7-2-1-6-16(17)18(21)19-14-4-3-5-15(10-14)22-11-13-8-9-23-12-13/h1-10,12,20H,11H2,(H,19,21). The highest BCUT2D eigenvalue weighted by Crippen LogP contribution is 2.21. The maximum absolute atomic E-state index is 12.2. The molecule has 0 spiro atoms. The van der Waals surface area contributed by atoms with Crippen molar-refractivity contribution in [2.45, 2.75) is 6.61 Å². The molecule has 3 aromatic rings. The van der Waals surface area contributed by atoms with Gasteiger partial charge in [0.15, 0.2) is 0 Å². The zero-order valence-corrected chi connectivity index (χ0v) is 13.0. The van der Waals surface area contributed by atoms with E-state index in [4.69, 9.17) is 4.74 Å². The molecule has 0 saturated heterocycles. The Morgan fingerprint density at radius 2 is 2.00 bits per heavy atom. The molecule has 1 heterocycles. The number of para-hydroxylation sites is 1. The average molecular weight is 325 g/mol. The Labute approximate surface area is 138 Å². The van der Waals surface area contributed by atoms with E-state index in [0.717, 1.165) is 5.56 Å². The van der Waals surface area contributed by atoms with Gasteiger partial charge in [-0.1, -0.05) is 18.2 Å². The van der Waals surface area contributed by atoms with Gasteiger partial charge in [-0.25, -0.2) is 0 Å². The molecule has 0 aliphatic carbocycles. The van der Waals surface area contributed by atoms with Crippen LogP contribution in [0.1, 0.15) is 15.9 Å². The van der Waals surface area contributed by atoms with Crippen LogP contribution in [0.25, 0.3) is 0 Å². The van der Waals surface area contributed by atoms with E-state index in [-0.39, 0.29) is 17.2 Å². The van der Waals surface area contributed by atoms with Gasteiger partial charge >= 0.3 is 0 Å². The molecule has 1 aromatic heterocycles. The minimum atomic E-state index is -0.363. The van der Waals surface area contributed by atoms with E-state index in [9.17, 15) is 9.90 Å². The van der Waals surface area contributed by atoms with E-state index in [1.807, 2.05) is 29.0 Å². The third-order valence-corrected chi connectivity index (χ3v) is 3.96. The molecule has 5 heteroatoms. The number of phenols is 1. The van der Waals surface area contributed by atoms with Gasteiger partial charge in [-0.2, -0.15) is 11.3 Å². The van der Waals surface area contributed by atoms with Gasteiger partial charge in [0.2, 0.25) is 0 Å². The highest BCUT2D eigenvalue weighted by Gasteiger charge is 2.10. The molecule has 0 fully saturated rings. The Morgan fingerprint density at radius 3 is 2.78 bits per heavy atom. The normalized spacial score (nSPS) is 10.3. The van der Waals surface area contributed by atoms with E-state index in [1.54, 1.807) is 41.7 Å². The molecule has 3 rings (SSSR count). The summed E-state index contributed by atoms with van der Waals surface area (Å²) in [5.74, 6) is 0.263. The van der Waals surface area contributed by atoms with Gasteiger partial charge in [0.05, 0.1) is 5.56 Å². The summed E-state index contributed by atoms with van der Waals surface area (Å²) in [6.45, 7) is 0.486. The lowest BCUT2D eigenvalue weighted by atomic mass is 10.2. The van der Waals surface area contributed by atoms with Crippen molar-refractivity contribution >= 4 is 22.9 Å². The molecule has 0 aliphatic heterocycles. The maximum Gasteiger partial charge on any atom is 0.259 e. The predicted molar refractivity (Wildman–Crippen MR) is 91.2 cm³/mol. The summed E-state index contributed by atoms with van der Waals surface area (Å²) in [6, 6.07) is 15.6. The molecule has 23 heavy (non-hydrogen) atoms. The largest absolute Gasteiger partial charge is 0.507 e. The first-order valence-corrected chi connectivity index (χ1v) is 8.00. The van der Waals surface area contributed by atoms with Gasteiger partial charge < -0.3 is 15.2 Å². The highest BCUT2D eigenvalue weighted by atomic mass is 32.1. The topological polar surface area (TPSA) is 58.6 Å². The number of amides is 1. The number of benzene rings is 2. The van der Waals surface area contributed by atoms with Crippen molar-refractivity contribution in [2.75, 3.05) is 5.32 Å².